The molecule has 0 aliphatic heterocycles. The van der Waals surface area contributed by atoms with E-state index in [-0.39, 0.29) is 0 Å². The molecule has 0 unspecified atom stereocenters. The van der Waals surface area contributed by atoms with Crippen LogP contribution in [0.1, 0.15) is 52.9 Å². The SMILES string of the molecule is CS/C(CCCC(C)(C)C)=N\C1CC1. The summed E-state index contributed by atoms with van der Waals surface area (Å²) < 4.78 is 0. The van der Waals surface area contributed by atoms with E-state index < -0.39 is 0 Å². The molecule has 0 N–H and O–H groups in total. The van der Waals surface area contributed by atoms with E-state index in [4.69, 9.17) is 4.99 Å². The Balaban J connectivity index is 2.20. The molecule has 0 radical (unpaired) electrons. The van der Waals surface area contributed by atoms with Gasteiger partial charge in [0.05, 0.1) is 11.1 Å². The molecule has 1 saturated carbocycles. The molecule has 0 spiro atoms. The molecule has 0 saturated heterocycles. The van der Waals surface area contributed by atoms with Gasteiger partial charge >= 0.3 is 0 Å². The average Bonchev–Trinajstić information content (AvgIpc) is 2.84. The Kier molecular flexibility index (Phi) is 4.49. The summed E-state index contributed by atoms with van der Waals surface area (Å²) in [6.45, 7) is 6.93. The Bertz CT molecular complexity index is 199. The molecule has 1 nitrogen and oxygen atoms in total. The van der Waals surface area contributed by atoms with Crippen LogP contribution in [0.5, 0.6) is 0 Å². The Hall–Kier alpha value is 0.0200. The molecule has 0 aromatic rings. The van der Waals surface area contributed by atoms with E-state index in [2.05, 4.69) is 27.0 Å². The summed E-state index contributed by atoms with van der Waals surface area (Å²) in [5.74, 6) is 0. The van der Waals surface area contributed by atoms with E-state index in [0.29, 0.717) is 11.5 Å². The zero-order valence-electron chi connectivity index (χ0n) is 9.97. The first-order valence-electron chi connectivity index (χ1n) is 5.62. The lowest BCUT2D eigenvalue weighted by atomic mass is 9.90. The topological polar surface area (TPSA) is 12.4 Å². The largest absolute Gasteiger partial charge is 0.280 e. The number of hydrogen-bond donors (Lipinski definition) is 0. The molecule has 1 fully saturated rings. The standard InChI is InChI=1S/C12H23NS/c1-12(2,3)9-5-6-11(14-4)13-10-7-8-10/h10H,5-9H2,1-4H3/b13-11-. The third-order valence-corrected chi connectivity index (χ3v) is 3.21. The van der Waals surface area contributed by atoms with E-state index in [1.165, 1.54) is 37.1 Å². The third-order valence-electron chi connectivity index (χ3n) is 2.43. The molecule has 2 heteroatoms. The fraction of sp³-hybridized carbons (Fsp3) is 0.917. The fourth-order valence-corrected chi connectivity index (χ4v) is 2.00. The van der Waals surface area contributed by atoms with Gasteiger partial charge in [0.15, 0.2) is 0 Å². The molecule has 1 aliphatic rings. The van der Waals surface area contributed by atoms with Crippen molar-refractivity contribution in [2.45, 2.75) is 58.9 Å². The average molecular weight is 213 g/mol. The third kappa shape index (κ3) is 5.69. The summed E-state index contributed by atoms with van der Waals surface area (Å²) in [4.78, 5) is 4.71. The Morgan fingerprint density at radius 1 is 1.36 bits per heavy atom. The van der Waals surface area contributed by atoms with Gasteiger partial charge in [-0.25, -0.2) is 0 Å². The van der Waals surface area contributed by atoms with E-state index >= 15 is 0 Å². The molecular weight excluding hydrogens is 190 g/mol. The maximum atomic E-state index is 4.71. The lowest BCUT2D eigenvalue weighted by Crippen LogP contribution is -2.05. The quantitative estimate of drug-likeness (QED) is 0.505. The van der Waals surface area contributed by atoms with Crippen molar-refractivity contribution in [2.75, 3.05) is 6.26 Å². The Morgan fingerprint density at radius 2 is 2.00 bits per heavy atom. The minimum Gasteiger partial charge on any atom is -0.280 e. The first-order chi connectivity index (χ1) is 6.51. The van der Waals surface area contributed by atoms with E-state index in [9.17, 15) is 0 Å². The highest BCUT2D eigenvalue weighted by Gasteiger charge is 2.20. The van der Waals surface area contributed by atoms with Crippen molar-refractivity contribution in [3.05, 3.63) is 0 Å². The Labute approximate surface area is 92.8 Å². The second-order valence-corrected chi connectivity index (χ2v) is 6.25. The summed E-state index contributed by atoms with van der Waals surface area (Å²) in [7, 11) is 0. The molecule has 0 aromatic heterocycles. The zero-order valence-corrected chi connectivity index (χ0v) is 10.8. The second-order valence-electron chi connectivity index (χ2n) is 5.37. The molecule has 0 atom stereocenters. The summed E-state index contributed by atoms with van der Waals surface area (Å²) in [6.07, 6.45) is 8.58. The van der Waals surface area contributed by atoms with Crippen LogP contribution < -0.4 is 0 Å². The van der Waals surface area contributed by atoms with Gasteiger partial charge in [0.25, 0.3) is 0 Å². The van der Waals surface area contributed by atoms with Gasteiger partial charge in [0.2, 0.25) is 0 Å². The van der Waals surface area contributed by atoms with Crippen LogP contribution in [0.25, 0.3) is 0 Å². The van der Waals surface area contributed by atoms with Crippen LogP contribution in [0, 0.1) is 5.41 Å². The van der Waals surface area contributed by atoms with Crippen molar-refractivity contribution in [1.29, 1.82) is 0 Å². The summed E-state index contributed by atoms with van der Waals surface area (Å²) in [5, 5.41) is 1.37. The number of aliphatic imine (C=N–C) groups is 1. The van der Waals surface area contributed by atoms with Crippen molar-refractivity contribution in [3.63, 3.8) is 0 Å². The van der Waals surface area contributed by atoms with Gasteiger partial charge in [0.1, 0.15) is 0 Å². The fourth-order valence-electron chi connectivity index (χ4n) is 1.40. The predicted octanol–water partition coefficient (Wildman–Crippen LogP) is 4.13. The molecule has 0 heterocycles. The lowest BCUT2D eigenvalue weighted by Gasteiger charge is -2.17. The Morgan fingerprint density at radius 3 is 2.43 bits per heavy atom. The van der Waals surface area contributed by atoms with Gasteiger partial charge in [-0.2, -0.15) is 0 Å². The van der Waals surface area contributed by atoms with Crippen molar-refractivity contribution in [2.24, 2.45) is 10.4 Å². The van der Waals surface area contributed by atoms with Crippen LogP contribution in [0.15, 0.2) is 4.99 Å². The summed E-state index contributed by atoms with van der Waals surface area (Å²) in [6, 6.07) is 0.687. The molecule has 14 heavy (non-hydrogen) atoms. The maximum Gasteiger partial charge on any atom is 0.0676 e. The van der Waals surface area contributed by atoms with E-state index in [1.54, 1.807) is 0 Å². The van der Waals surface area contributed by atoms with Crippen LogP contribution >= 0.6 is 11.8 Å². The van der Waals surface area contributed by atoms with Crippen LogP contribution in [-0.4, -0.2) is 17.3 Å². The highest BCUT2D eigenvalue weighted by atomic mass is 32.2. The van der Waals surface area contributed by atoms with Crippen LogP contribution in [0.3, 0.4) is 0 Å². The van der Waals surface area contributed by atoms with Gasteiger partial charge in [-0.05, 0) is 43.8 Å². The second kappa shape index (κ2) is 5.20. The molecule has 0 bridgehead atoms. The lowest BCUT2D eigenvalue weighted by molar-refractivity contribution is 0.369. The van der Waals surface area contributed by atoms with Gasteiger partial charge in [-0.15, -0.1) is 11.8 Å². The molecule has 1 aliphatic carbocycles. The van der Waals surface area contributed by atoms with Gasteiger partial charge in [0, 0.05) is 0 Å². The monoisotopic (exact) mass is 213 g/mol. The van der Waals surface area contributed by atoms with Crippen LogP contribution in [-0.2, 0) is 0 Å². The highest BCUT2D eigenvalue weighted by molar-refractivity contribution is 8.13. The van der Waals surface area contributed by atoms with E-state index in [0.717, 1.165) is 0 Å². The molecule has 82 valence electrons. The maximum absolute atomic E-state index is 4.71. The summed E-state index contributed by atoms with van der Waals surface area (Å²) in [5.41, 5.74) is 0.475. The smallest absolute Gasteiger partial charge is 0.0676 e. The van der Waals surface area contributed by atoms with E-state index in [1.807, 2.05) is 11.8 Å². The first kappa shape index (κ1) is 12.1. The molecular formula is C12H23NS. The molecule has 0 amide bonds. The van der Waals surface area contributed by atoms with Crippen LogP contribution in [0.2, 0.25) is 0 Å². The number of thioether (sulfide) groups is 1. The summed E-state index contributed by atoms with van der Waals surface area (Å²) >= 11 is 1.84. The zero-order chi connectivity index (χ0) is 10.6. The van der Waals surface area contributed by atoms with Gasteiger partial charge in [-0.3, -0.25) is 4.99 Å². The minimum atomic E-state index is 0.475. The van der Waals surface area contributed by atoms with Crippen LogP contribution in [0.4, 0.5) is 0 Å². The number of nitrogens with zero attached hydrogens (tertiary/aromatic N) is 1. The van der Waals surface area contributed by atoms with Crippen molar-refractivity contribution < 1.29 is 0 Å². The van der Waals surface area contributed by atoms with Gasteiger partial charge in [-0.1, -0.05) is 20.8 Å². The highest BCUT2D eigenvalue weighted by Crippen LogP contribution is 2.27. The van der Waals surface area contributed by atoms with Crippen molar-refractivity contribution in [3.8, 4) is 0 Å². The first-order valence-corrected chi connectivity index (χ1v) is 6.84. The normalized spacial score (nSPS) is 18.7. The predicted molar refractivity (Wildman–Crippen MR) is 67.3 cm³/mol. The number of hydrogen-bond acceptors (Lipinski definition) is 2. The molecule has 0 aromatic carbocycles. The number of rotatable bonds is 4. The van der Waals surface area contributed by atoms with Crippen molar-refractivity contribution in [1.82, 2.24) is 0 Å². The van der Waals surface area contributed by atoms with Crippen molar-refractivity contribution >= 4 is 16.8 Å². The minimum absolute atomic E-state index is 0.475. The molecule has 1 rings (SSSR count). The van der Waals surface area contributed by atoms with Gasteiger partial charge < -0.3 is 0 Å².